The van der Waals surface area contributed by atoms with Crippen molar-refractivity contribution in [2.45, 2.75) is 44.4 Å². The van der Waals surface area contributed by atoms with Crippen molar-refractivity contribution in [1.29, 1.82) is 0 Å². The molecule has 2 atom stereocenters. The van der Waals surface area contributed by atoms with Gasteiger partial charge < -0.3 is 10.1 Å². The van der Waals surface area contributed by atoms with Gasteiger partial charge in [0.25, 0.3) is 5.91 Å². The third-order valence-corrected chi connectivity index (χ3v) is 5.92. The van der Waals surface area contributed by atoms with Gasteiger partial charge in [-0.15, -0.1) is 0 Å². The molecule has 1 fully saturated rings. The number of aryl methyl sites for hydroxylation is 1. The summed E-state index contributed by atoms with van der Waals surface area (Å²) in [5.41, 5.74) is 2.52. The van der Waals surface area contributed by atoms with Gasteiger partial charge in [-0.25, -0.2) is 13.6 Å². The van der Waals surface area contributed by atoms with Gasteiger partial charge in [0.2, 0.25) is 10.0 Å². The summed E-state index contributed by atoms with van der Waals surface area (Å²) in [6.45, 7) is 8.36. The predicted octanol–water partition coefficient (Wildman–Crippen LogP) is 2.50. The summed E-state index contributed by atoms with van der Waals surface area (Å²) in [6.07, 6.45) is 0.418. The van der Waals surface area contributed by atoms with Gasteiger partial charge >= 0.3 is 0 Å². The van der Waals surface area contributed by atoms with Crippen LogP contribution in [0.1, 0.15) is 35.3 Å². The summed E-state index contributed by atoms with van der Waals surface area (Å²) in [4.78, 5) is 14.9. The fourth-order valence-electron chi connectivity index (χ4n) is 3.62. The second-order valence-electron chi connectivity index (χ2n) is 7.63. The maximum absolute atomic E-state index is 12.5. The molecule has 1 aliphatic heterocycles. The molecular weight excluding hydrogens is 390 g/mol. The Morgan fingerprint density at radius 2 is 1.76 bits per heavy atom. The van der Waals surface area contributed by atoms with E-state index < -0.39 is 10.0 Å². The minimum Gasteiger partial charge on any atom is -0.373 e. The lowest BCUT2D eigenvalue weighted by Gasteiger charge is -2.35. The van der Waals surface area contributed by atoms with E-state index in [0.717, 1.165) is 25.2 Å². The number of hydrogen-bond donors (Lipinski definition) is 2. The number of carbonyl (C=O) groups excluding carboxylic acids is 1. The zero-order valence-electron chi connectivity index (χ0n) is 16.9. The van der Waals surface area contributed by atoms with Crippen molar-refractivity contribution >= 4 is 21.6 Å². The van der Waals surface area contributed by atoms with Crippen molar-refractivity contribution in [2.75, 3.05) is 18.4 Å². The summed E-state index contributed by atoms with van der Waals surface area (Å²) in [5, 5.41) is 7.95. The maximum Gasteiger partial charge on any atom is 0.255 e. The monoisotopic (exact) mass is 417 g/mol. The first kappa shape index (κ1) is 21.4. The van der Waals surface area contributed by atoms with Gasteiger partial charge in [-0.2, -0.15) is 0 Å². The molecule has 0 unspecified atom stereocenters. The normalized spacial score (nSPS) is 20.4. The van der Waals surface area contributed by atoms with Gasteiger partial charge in [-0.1, -0.05) is 18.2 Å². The first-order valence-corrected chi connectivity index (χ1v) is 11.1. The third-order valence-electron chi connectivity index (χ3n) is 4.87. The molecule has 1 heterocycles. The van der Waals surface area contributed by atoms with E-state index in [1.807, 2.05) is 12.1 Å². The number of hydrogen-bond acceptors (Lipinski definition) is 5. The number of carbonyl (C=O) groups is 1. The molecule has 156 valence electrons. The van der Waals surface area contributed by atoms with E-state index >= 15 is 0 Å². The molecule has 0 radical (unpaired) electrons. The summed E-state index contributed by atoms with van der Waals surface area (Å²) >= 11 is 0. The van der Waals surface area contributed by atoms with Gasteiger partial charge in [0.15, 0.2) is 0 Å². The fraction of sp³-hybridized carbons (Fsp3) is 0.381. The molecule has 0 spiro atoms. The fourth-order valence-corrected chi connectivity index (χ4v) is 4.43. The number of benzene rings is 2. The summed E-state index contributed by atoms with van der Waals surface area (Å²) in [5.74, 6) is -0.311. The molecule has 0 aliphatic carbocycles. The van der Waals surface area contributed by atoms with Crippen molar-refractivity contribution in [2.24, 2.45) is 5.14 Å². The number of nitrogens with one attached hydrogen (secondary N) is 1. The Bertz CT molecular complexity index is 979. The van der Waals surface area contributed by atoms with Gasteiger partial charge in [0, 0.05) is 30.9 Å². The van der Waals surface area contributed by atoms with E-state index in [1.165, 1.54) is 6.07 Å². The van der Waals surface area contributed by atoms with Crippen LogP contribution in [0.3, 0.4) is 0 Å². The van der Waals surface area contributed by atoms with Crippen LogP contribution in [0.2, 0.25) is 0 Å². The van der Waals surface area contributed by atoms with Crippen LogP contribution in [0.15, 0.2) is 47.4 Å². The largest absolute Gasteiger partial charge is 0.373 e. The number of primary sulfonamides is 1. The predicted molar refractivity (Wildman–Crippen MR) is 112 cm³/mol. The standard InChI is InChI=1S/C21H27N3O4S/c1-14-4-9-19(10-20(14)29(22,26)27)23-21(25)18-7-5-17(6-8-18)13-24-11-15(2)28-16(3)12-24/h4-10,15-16H,11-13H2,1-3H3,(H,23,25)(H2,22,26,27)/t15-,16-/m1/s1. The molecule has 1 saturated heterocycles. The Labute approximate surface area is 171 Å². The molecule has 1 aliphatic rings. The second-order valence-corrected chi connectivity index (χ2v) is 9.16. The molecule has 1 amide bonds. The number of sulfonamides is 1. The lowest BCUT2D eigenvalue weighted by molar-refractivity contribution is -0.0704. The van der Waals surface area contributed by atoms with E-state index in [0.29, 0.717) is 16.8 Å². The highest BCUT2D eigenvalue weighted by atomic mass is 32.2. The lowest BCUT2D eigenvalue weighted by Crippen LogP contribution is -2.44. The van der Waals surface area contributed by atoms with Crippen LogP contribution in [0.25, 0.3) is 0 Å². The summed E-state index contributed by atoms with van der Waals surface area (Å²) < 4.78 is 29.1. The Morgan fingerprint density at radius 1 is 1.14 bits per heavy atom. The van der Waals surface area contributed by atoms with Crippen molar-refractivity contribution in [3.63, 3.8) is 0 Å². The summed E-state index contributed by atoms with van der Waals surface area (Å²) in [7, 11) is -3.85. The Kier molecular flexibility index (Phi) is 6.38. The number of rotatable bonds is 5. The molecule has 2 aromatic carbocycles. The number of ether oxygens (including phenoxy) is 1. The van der Waals surface area contributed by atoms with E-state index in [4.69, 9.17) is 9.88 Å². The molecule has 3 N–H and O–H groups in total. The Balaban J connectivity index is 1.66. The molecule has 0 saturated carbocycles. The molecule has 3 rings (SSSR count). The van der Waals surface area contributed by atoms with E-state index in [9.17, 15) is 13.2 Å². The second kappa shape index (κ2) is 8.62. The minimum absolute atomic E-state index is 0.000356. The molecule has 29 heavy (non-hydrogen) atoms. The van der Waals surface area contributed by atoms with Crippen molar-refractivity contribution in [3.8, 4) is 0 Å². The summed E-state index contributed by atoms with van der Waals surface area (Å²) in [6, 6.07) is 12.0. The average Bonchev–Trinajstić information content (AvgIpc) is 2.62. The average molecular weight is 418 g/mol. The number of nitrogens with two attached hydrogens (primary N) is 1. The molecule has 2 aromatic rings. The molecule has 7 nitrogen and oxygen atoms in total. The number of nitrogens with zero attached hydrogens (tertiary/aromatic N) is 1. The van der Waals surface area contributed by atoms with E-state index in [-0.39, 0.29) is 23.0 Å². The van der Waals surface area contributed by atoms with Crippen molar-refractivity contribution in [1.82, 2.24) is 4.90 Å². The van der Waals surface area contributed by atoms with Crippen LogP contribution in [0, 0.1) is 6.92 Å². The van der Waals surface area contributed by atoms with Crippen LogP contribution in [-0.2, 0) is 21.3 Å². The first-order valence-electron chi connectivity index (χ1n) is 9.53. The van der Waals surface area contributed by atoms with Crippen LogP contribution in [0.5, 0.6) is 0 Å². The number of morpholine rings is 1. The molecular formula is C21H27N3O4S. The SMILES string of the molecule is Cc1ccc(NC(=O)c2ccc(CN3C[C@@H](C)O[C@H](C)C3)cc2)cc1S(N)(=O)=O. The Hall–Kier alpha value is -2.26. The van der Waals surface area contributed by atoms with Crippen LogP contribution < -0.4 is 10.5 Å². The van der Waals surface area contributed by atoms with Crippen LogP contribution >= 0.6 is 0 Å². The highest BCUT2D eigenvalue weighted by molar-refractivity contribution is 7.89. The number of anilines is 1. The zero-order valence-corrected chi connectivity index (χ0v) is 17.7. The maximum atomic E-state index is 12.5. The Morgan fingerprint density at radius 3 is 2.34 bits per heavy atom. The van der Waals surface area contributed by atoms with Crippen LogP contribution in [0.4, 0.5) is 5.69 Å². The highest BCUT2D eigenvalue weighted by Crippen LogP contribution is 2.20. The smallest absolute Gasteiger partial charge is 0.255 e. The van der Waals surface area contributed by atoms with Crippen molar-refractivity contribution < 1.29 is 17.9 Å². The van der Waals surface area contributed by atoms with Crippen molar-refractivity contribution in [3.05, 3.63) is 59.2 Å². The van der Waals surface area contributed by atoms with E-state index in [2.05, 4.69) is 24.1 Å². The van der Waals surface area contributed by atoms with Gasteiger partial charge in [-0.3, -0.25) is 9.69 Å². The quantitative estimate of drug-likeness (QED) is 0.778. The molecule has 8 heteroatoms. The van der Waals surface area contributed by atoms with Gasteiger partial charge in [0.1, 0.15) is 0 Å². The molecule has 0 aromatic heterocycles. The first-order chi connectivity index (χ1) is 13.6. The zero-order chi connectivity index (χ0) is 21.2. The number of amides is 1. The van der Waals surface area contributed by atoms with Gasteiger partial charge in [-0.05, 0) is 56.2 Å². The molecule has 0 bridgehead atoms. The lowest BCUT2D eigenvalue weighted by atomic mass is 10.1. The highest BCUT2D eigenvalue weighted by Gasteiger charge is 2.22. The van der Waals surface area contributed by atoms with Gasteiger partial charge in [0.05, 0.1) is 17.1 Å². The third kappa shape index (κ3) is 5.63. The minimum atomic E-state index is -3.85. The van der Waals surface area contributed by atoms with Crippen LogP contribution in [-0.4, -0.2) is 44.5 Å². The van der Waals surface area contributed by atoms with E-state index in [1.54, 1.807) is 31.2 Å². The topological polar surface area (TPSA) is 102 Å².